The van der Waals surface area contributed by atoms with Crippen molar-refractivity contribution in [2.75, 3.05) is 11.9 Å². The molecule has 0 saturated carbocycles. The number of likely N-dealkylation sites (tertiary alicyclic amines) is 1. The number of halogens is 1. The number of anilines is 1. The highest BCUT2D eigenvalue weighted by Crippen LogP contribution is 2.27. The molecule has 1 aliphatic rings. The topological polar surface area (TPSA) is 86.7 Å². The third kappa shape index (κ3) is 5.21. The van der Waals surface area contributed by atoms with Gasteiger partial charge in [-0.3, -0.25) is 9.59 Å². The fourth-order valence-corrected chi connectivity index (χ4v) is 3.24. The van der Waals surface area contributed by atoms with Crippen molar-refractivity contribution in [3.8, 4) is 0 Å². The summed E-state index contributed by atoms with van der Waals surface area (Å²) in [6.45, 7) is 6.27. The molecule has 0 aliphatic carbocycles. The van der Waals surface area contributed by atoms with Crippen LogP contribution in [0, 0.1) is 5.41 Å². The zero-order valence-electron chi connectivity index (χ0n) is 15.3. The second kappa shape index (κ2) is 8.08. The second-order valence-electron chi connectivity index (χ2n) is 7.83. The average Bonchev–Trinajstić information content (AvgIpc) is 2.54. The highest BCUT2D eigenvalue weighted by molar-refractivity contribution is 6.34. The molecular weight excluding hydrogens is 356 g/mol. The fourth-order valence-electron chi connectivity index (χ4n) is 3.04. The number of carboxylic acids is 1. The van der Waals surface area contributed by atoms with E-state index < -0.39 is 17.9 Å². The molecular formula is C19H25ClN2O4. The normalized spacial score (nSPS) is 17.7. The van der Waals surface area contributed by atoms with Crippen molar-refractivity contribution in [1.29, 1.82) is 0 Å². The van der Waals surface area contributed by atoms with Crippen LogP contribution in [-0.4, -0.2) is 40.4 Å². The Morgan fingerprint density at radius 1 is 1.27 bits per heavy atom. The Hall–Kier alpha value is -2.08. The van der Waals surface area contributed by atoms with Gasteiger partial charge in [-0.15, -0.1) is 0 Å². The Morgan fingerprint density at radius 3 is 2.58 bits per heavy atom. The van der Waals surface area contributed by atoms with E-state index in [-0.39, 0.29) is 21.9 Å². The molecule has 0 bridgehead atoms. The summed E-state index contributed by atoms with van der Waals surface area (Å²) in [6.07, 6.45) is 2.30. The number of hydrogen-bond acceptors (Lipinski definition) is 3. The van der Waals surface area contributed by atoms with Crippen LogP contribution < -0.4 is 5.32 Å². The van der Waals surface area contributed by atoms with Crippen LogP contribution in [0.5, 0.6) is 0 Å². The van der Waals surface area contributed by atoms with Gasteiger partial charge >= 0.3 is 5.97 Å². The Morgan fingerprint density at radius 2 is 1.96 bits per heavy atom. The Bertz CT molecular complexity index is 712. The van der Waals surface area contributed by atoms with E-state index in [9.17, 15) is 19.5 Å². The average molecular weight is 381 g/mol. The van der Waals surface area contributed by atoms with E-state index in [1.165, 1.54) is 11.0 Å². The van der Waals surface area contributed by atoms with Crippen LogP contribution in [0.4, 0.5) is 5.69 Å². The first-order chi connectivity index (χ1) is 12.1. The van der Waals surface area contributed by atoms with Gasteiger partial charge in [-0.2, -0.15) is 0 Å². The van der Waals surface area contributed by atoms with Crippen LogP contribution >= 0.6 is 11.6 Å². The zero-order chi connectivity index (χ0) is 19.5. The number of carboxylic acid groups (broad SMARTS) is 1. The molecule has 6 nitrogen and oxygen atoms in total. The second-order valence-corrected chi connectivity index (χ2v) is 8.24. The van der Waals surface area contributed by atoms with Crippen molar-refractivity contribution in [2.45, 2.75) is 52.5 Å². The molecule has 0 spiro atoms. The number of nitrogens with one attached hydrogen (secondary N) is 1. The lowest BCUT2D eigenvalue weighted by molar-refractivity contribution is -0.143. The van der Waals surface area contributed by atoms with Crippen LogP contribution in [0.1, 0.15) is 56.8 Å². The van der Waals surface area contributed by atoms with E-state index in [0.29, 0.717) is 25.1 Å². The van der Waals surface area contributed by atoms with E-state index in [1.54, 1.807) is 12.1 Å². The van der Waals surface area contributed by atoms with E-state index in [4.69, 9.17) is 11.6 Å². The molecule has 2 amide bonds. The molecule has 1 unspecified atom stereocenters. The summed E-state index contributed by atoms with van der Waals surface area (Å²) in [5.41, 5.74) is 0.516. The third-order valence-corrected chi connectivity index (χ3v) is 4.55. The third-order valence-electron chi connectivity index (χ3n) is 4.22. The highest BCUT2D eigenvalue weighted by atomic mass is 35.5. The summed E-state index contributed by atoms with van der Waals surface area (Å²) in [4.78, 5) is 37.8. The number of amides is 2. The molecule has 2 rings (SSSR count). The standard InChI is InChI=1S/C19H25ClN2O4/c1-19(2,3)11-16(23)21-12-7-8-14(20)13(10-12)17(24)22-9-5-4-6-15(22)18(25)26/h7-8,10,15H,4-6,9,11H2,1-3H3,(H,21,23)(H,25,26). The molecule has 7 heteroatoms. The SMILES string of the molecule is CC(C)(C)CC(=O)Nc1ccc(Cl)c(C(=O)N2CCCCC2C(=O)O)c1. The molecule has 1 saturated heterocycles. The van der Waals surface area contributed by atoms with Crippen molar-refractivity contribution >= 4 is 35.1 Å². The summed E-state index contributed by atoms with van der Waals surface area (Å²) in [5.74, 6) is -1.59. The van der Waals surface area contributed by atoms with E-state index in [1.807, 2.05) is 20.8 Å². The summed E-state index contributed by atoms with van der Waals surface area (Å²) < 4.78 is 0. The molecule has 1 fully saturated rings. The molecule has 1 aliphatic heterocycles. The fraction of sp³-hybridized carbons (Fsp3) is 0.526. The van der Waals surface area contributed by atoms with Gasteiger partial charge in [0.15, 0.2) is 0 Å². The Balaban J connectivity index is 2.22. The van der Waals surface area contributed by atoms with Gasteiger partial charge in [0.2, 0.25) is 5.91 Å². The number of nitrogens with zero attached hydrogens (tertiary/aromatic N) is 1. The quantitative estimate of drug-likeness (QED) is 0.831. The molecule has 1 aromatic rings. The molecule has 0 radical (unpaired) electrons. The lowest BCUT2D eigenvalue weighted by Gasteiger charge is -2.33. The van der Waals surface area contributed by atoms with Gasteiger partial charge in [0.25, 0.3) is 5.91 Å². The smallest absolute Gasteiger partial charge is 0.326 e. The minimum absolute atomic E-state index is 0.153. The molecule has 1 heterocycles. The van der Waals surface area contributed by atoms with Crippen LogP contribution in [0.25, 0.3) is 0 Å². The van der Waals surface area contributed by atoms with Crippen molar-refractivity contribution in [2.24, 2.45) is 5.41 Å². The molecule has 1 aromatic carbocycles. The van der Waals surface area contributed by atoms with Crippen LogP contribution in [0.2, 0.25) is 5.02 Å². The van der Waals surface area contributed by atoms with Crippen molar-refractivity contribution in [3.05, 3.63) is 28.8 Å². The predicted octanol–water partition coefficient (Wildman–Crippen LogP) is 3.79. The van der Waals surface area contributed by atoms with Crippen molar-refractivity contribution in [1.82, 2.24) is 4.90 Å². The van der Waals surface area contributed by atoms with Gasteiger partial charge in [-0.05, 0) is 42.9 Å². The van der Waals surface area contributed by atoms with E-state index in [0.717, 1.165) is 12.8 Å². The zero-order valence-corrected chi connectivity index (χ0v) is 16.1. The largest absolute Gasteiger partial charge is 0.480 e. The number of piperidine rings is 1. The predicted molar refractivity (Wildman–Crippen MR) is 100 cm³/mol. The first-order valence-corrected chi connectivity index (χ1v) is 9.09. The number of rotatable bonds is 4. The Labute approximate surface area is 158 Å². The van der Waals surface area contributed by atoms with Crippen LogP contribution in [-0.2, 0) is 9.59 Å². The summed E-state index contributed by atoms with van der Waals surface area (Å²) in [5, 5.41) is 12.4. The van der Waals surface area contributed by atoms with Gasteiger partial charge in [0.05, 0.1) is 10.6 Å². The van der Waals surface area contributed by atoms with Crippen molar-refractivity contribution < 1.29 is 19.5 Å². The number of carbonyl (C=O) groups is 3. The minimum Gasteiger partial charge on any atom is -0.480 e. The number of benzene rings is 1. The highest BCUT2D eigenvalue weighted by Gasteiger charge is 2.33. The maximum absolute atomic E-state index is 12.9. The van der Waals surface area contributed by atoms with Crippen LogP contribution in [0.3, 0.4) is 0 Å². The first-order valence-electron chi connectivity index (χ1n) is 8.72. The van der Waals surface area contributed by atoms with Crippen molar-refractivity contribution in [3.63, 3.8) is 0 Å². The summed E-state index contributed by atoms with van der Waals surface area (Å²) in [6, 6.07) is 3.84. The molecule has 142 valence electrons. The van der Waals surface area contributed by atoms with Gasteiger partial charge in [-0.1, -0.05) is 32.4 Å². The molecule has 0 aromatic heterocycles. The number of hydrogen-bond donors (Lipinski definition) is 2. The Kier molecular flexibility index (Phi) is 6.29. The number of carbonyl (C=O) groups excluding carboxylic acids is 2. The lowest BCUT2D eigenvalue weighted by Crippen LogP contribution is -2.48. The maximum atomic E-state index is 12.9. The van der Waals surface area contributed by atoms with Crippen LogP contribution in [0.15, 0.2) is 18.2 Å². The summed E-state index contributed by atoms with van der Waals surface area (Å²) in [7, 11) is 0. The monoisotopic (exact) mass is 380 g/mol. The van der Waals surface area contributed by atoms with Gasteiger partial charge < -0.3 is 15.3 Å². The van der Waals surface area contributed by atoms with Gasteiger partial charge in [-0.25, -0.2) is 4.79 Å². The molecule has 1 atom stereocenters. The maximum Gasteiger partial charge on any atom is 0.326 e. The number of aliphatic carboxylic acids is 1. The summed E-state index contributed by atoms with van der Waals surface area (Å²) >= 11 is 6.17. The lowest BCUT2D eigenvalue weighted by atomic mass is 9.92. The van der Waals surface area contributed by atoms with E-state index in [2.05, 4.69) is 5.32 Å². The van der Waals surface area contributed by atoms with Gasteiger partial charge in [0, 0.05) is 18.7 Å². The van der Waals surface area contributed by atoms with E-state index >= 15 is 0 Å². The molecule has 26 heavy (non-hydrogen) atoms. The first kappa shape index (κ1) is 20.2. The van der Waals surface area contributed by atoms with Gasteiger partial charge in [0.1, 0.15) is 6.04 Å². The molecule has 2 N–H and O–H groups in total. The minimum atomic E-state index is -1.01.